The highest BCUT2D eigenvalue weighted by molar-refractivity contribution is 6.30. The first kappa shape index (κ1) is 13.5. The molecule has 7 heteroatoms. The third-order valence-corrected chi connectivity index (χ3v) is 2.63. The lowest BCUT2D eigenvalue weighted by Crippen LogP contribution is -2.19. The normalized spacial score (nSPS) is 12.2. The topological polar surface area (TPSA) is 80.0 Å². The molecule has 2 aromatic rings. The number of hydrogen-bond donors (Lipinski definition) is 2. The van der Waals surface area contributed by atoms with Crippen LogP contribution in [-0.2, 0) is 11.3 Å². The van der Waals surface area contributed by atoms with Crippen LogP contribution in [0.4, 0.5) is 5.69 Å². The van der Waals surface area contributed by atoms with Crippen molar-refractivity contribution in [3.05, 3.63) is 41.2 Å². The molecule has 0 fully saturated rings. The first-order valence-electron chi connectivity index (χ1n) is 5.68. The van der Waals surface area contributed by atoms with E-state index in [1.54, 1.807) is 31.2 Å². The Morgan fingerprint density at radius 1 is 1.58 bits per heavy atom. The molecule has 2 N–H and O–H groups in total. The maximum atomic E-state index is 11.8. The number of nitrogens with one attached hydrogen (secondary N) is 1. The fourth-order valence-corrected chi connectivity index (χ4v) is 1.69. The number of carbonyl (C=O) groups is 1. The van der Waals surface area contributed by atoms with Gasteiger partial charge >= 0.3 is 0 Å². The van der Waals surface area contributed by atoms with Gasteiger partial charge < -0.3 is 10.4 Å². The van der Waals surface area contributed by atoms with Gasteiger partial charge in [-0.3, -0.25) is 4.79 Å². The molecule has 2 rings (SSSR count). The van der Waals surface area contributed by atoms with Crippen molar-refractivity contribution >= 4 is 23.2 Å². The van der Waals surface area contributed by atoms with Crippen LogP contribution in [0.5, 0.6) is 0 Å². The average Bonchev–Trinajstić information content (AvgIpc) is 2.77. The maximum Gasteiger partial charge on any atom is 0.246 e. The first-order valence-corrected chi connectivity index (χ1v) is 6.06. The molecule has 1 aromatic heterocycles. The molecular formula is C12H13ClN4O2. The van der Waals surface area contributed by atoms with Crippen molar-refractivity contribution in [3.8, 4) is 0 Å². The minimum absolute atomic E-state index is 0.0201. The number of aliphatic hydroxyl groups is 1. The lowest BCUT2D eigenvalue weighted by atomic mass is 10.3. The van der Waals surface area contributed by atoms with Gasteiger partial charge in [-0.05, 0) is 25.1 Å². The molecule has 1 atom stereocenters. The van der Waals surface area contributed by atoms with Crippen LogP contribution in [0.1, 0.15) is 18.7 Å². The Labute approximate surface area is 115 Å². The number of amides is 1. The molecule has 6 nitrogen and oxygen atoms in total. The van der Waals surface area contributed by atoms with Gasteiger partial charge in [0.05, 0.1) is 12.3 Å². The van der Waals surface area contributed by atoms with Gasteiger partial charge in [-0.1, -0.05) is 22.9 Å². The quantitative estimate of drug-likeness (QED) is 0.892. The molecule has 1 amide bonds. The van der Waals surface area contributed by atoms with Crippen molar-refractivity contribution in [1.82, 2.24) is 15.0 Å². The first-order chi connectivity index (χ1) is 9.04. The van der Waals surface area contributed by atoms with Gasteiger partial charge in [-0.2, -0.15) is 0 Å². The number of aliphatic hydroxyl groups excluding tert-OH is 1. The van der Waals surface area contributed by atoms with Crippen LogP contribution in [-0.4, -0.2) is 26.0 Å². The van der Waals surface area contributed by atoms with Crippen LogP contribution in [0.25, 0.3) is 0 Å². The van der Waals surface area contributed by atoms with Gasteiger partial charge in [0.15, 0.2) is 0 Å². The van der Waals surface area contributed by atoms with Crippen LogP contribution < -0.4 is 5.32 Å². The second-order valence-corrected chi connectivity index (χ2v) is 4.51. The number of aromatic nitrogens is 3. The summed E-state index contributed by atoms with van der Waals surface area (Å²) in [5, 5.41) is 20.1. The van der Waals surface area contributed by atoms with E-state index in [-0.39, 0.29) is 12.5 Å². The maximum absolute atomic E-state index is 11.8. The zero-order valence-electron chi connectivity index (χ0n) is 10.2. The highest BCUT2D eigenvalue weighted by atomic mass is 35.5. The fourth-order valence-electron chi connectivity index (χ4n) is 1.50. The summed E-state index contributed by atoms with van der Waals surface area (Å²) < 4.78 is 1.36. The molecule has 1 heterocycles. The Morgan fingerprint density at radius 2 is 2.37 bits per heavy atom. The molecule has 0 radical (unpaired) electrons. The van der Waals surface area contributed by atoms with E-state index >= 15 is 0 Å². The molecular weight excluding hydrogens is 268 g/mol. The molecule has 1 unspecified atom stereocenters. The molecule has 0 aliphatic carbocycles. The van der Waals surface area contributed by atoms with Gasteiger partial charge in [-0.25, -0.2) is 4.68 Å². The highest BCUT2D eigenvalue weighted by Crippen LogP contribution is 2.14. The Balaban J connectivity index is 1.97. The number of anilines is 1. The van der Waals surface area contributed by atoms with Crippen LogP contribution in [0.3, 0.4) is 0 Å². The summed E-state index contributed by atoms with van der Waals surface area (Å²) in [5.74, 6) is -0.246. The van der Waals surface area contributed by atoms with E-state index in [0.717, 1.165) is 0 Å². The van der Waals surface area contributed by atoms with Crippen LogP contribution in [0, 0.1) is 0 Å². The number of benzene rings is 1. The summed E-state index contributed by atoms with van der Waals surface area (Å²) in [5.41, 5.74) is 1.05. The molecule has 0 aliphatic heterocycles. The SMILES string of the molecule is CC(O)c1cn(CC(=O)Nc2cccc(Cl)c2)nn1. The van der Waals surface area contributed by atoms with E-state index in [2.05, 4.69) is 15.6 Å². The van der Waals surface area contributed by atoms with Crippen LogP contribution in [0.15, 0.2) is 30.5 Å². The van der Waals surface area contributed by atoms with Crippen molar-refractivity contribution < 1.29 is 9.90 Å². The number of rotatable bonds is 4. The minimum atomic E-state index is -0.704. The number of halogens is 1. The second kappa shape index (κ2) is 5.81. The predicted molar refractivity (Wildman–Crippen MR) is 70.7 cm³/mol. The molecule has 0 saturated carbocycles. The van der Waals surface area contributed by atoms with E-state index < -0.39 is 6.10 Å². The Bertz CT molecular complexity index is 583. The van der Waals surface area contributed by atoms with E-state index in [9.17, 15) is 9.90 Å². The van der Waals surface area contributed by atoms with E-state index in [1.807, 2.05) is 0 Å². The lowest BCUT2D eigenvalue weighted by Gasteiger charge is -2.05. The van der Waals surface area contributed by atoms with Gasteiger partial charge in [0.1, 0.15) is 12.2 Å². The fraction of sp³-hybridized carbons (Fsp3) is 0.250. The Kier molecular flexibility index (Phi) is 4.13. The third-order valence-electron chi connectivity index (χ3n) is 2.40. The zero-order valence-corrected chi connectivity index (χ0v) is 11.0. The highest BCUT2D eigenvalue weighted by Gasteiger charge is 2.09. The predicted octanol–water partition coefficient (Wildman–Crippen LogP) is 1.62. The van der Waals surface area contributed by atoms with Crippen molar-refractivity contribution in [3.63, 3.8) is 0 Å². The molecule has 0 saturated heterocycles. The largest absolute Gasteiger partial charge is 0.387 e. The van der Waals surface area contributed by atoms with Crippen molar-refractivity contribution in [2.75, 3.05) is 5.32 Å². The zero-order chi connectivity index (χ0) is 13.8. The second-order valence-electron chi connectivity index (χ2n) is 4.08. The summed E-state index contributed by atoms with van der Waals surface area (Å²) in [6.45, 7) is 1.60. The molecule has 0 spiro atoms. The van der Waals surface area contributed by atoms with Gasteiger partial charge in [0.2, 0.25) is 5.91 Å². The van der Waals surface area contributed by atoms with Crippen molar-refractivity contribution in [2.45, 2.75) is 19.6 Å². The third kappa shape index (κ3) is 3.77. The molecule has 100 valence electrons. The van der Waals surface area contributed by atoms with Crippen molar-refractivity contribution in [2.24, 2.45) is 0 Å². The smallest absolute Gasteiger partial charge is 0.246 e. The Morgan fingerprint density at radius 3 is 3.00 bits per heavy atom. The molecule has 0 bridgehead atoms. The standard InChI is InChI=1S/C12H13ClN4O2/c1-8(18)11-6-17(16-15-11)7-12(19)14-10-4-2-3-9(13)5-10/h2-6,8,18H,7H2,1H3,(H,14,19). The lowest BCUT2D eigenvalue weighted by molar-refractivity contribution is -0.116. The molecule has 1 aromatic carbocycles. The number of carbonyl (C=O) groups excluding carboxylic acids is 1. The van der Waals surface area contributed by atoms with E-state index in [4.69, 9.17) is 11.6 Å². The van der Waals surface area contributed by atoms with Crippen LogP contribution >= 0.6 is 11.6 Å². The minimum Gasteiger partial charge on any atom is -0.387 e. The summed E-state index contributed by atoms with van der Waals surface area (Å²) in [4.78, 5) is 11.8. The Hall–Kier alpha value is -1.92. The van der Waals surface area contributed by atoms with Crippen LogP contribution in [0.2, 0.25) is 5.02 Å². The summed E-state index contributed by atoms with van der Waals surface area (Å²) in [6, 6.07) is 6.87. The van der Waals surface area contributed by atoms with Crippen molar-refractivity contribution in [1.29, 1.82) is 0 Å². The summed E-state index contributed by atoms with van der Waals surface area (Å²) >= 11 is 5.82. The van der Waals surface area contributed by atoms with Gasteiger partial charge in [0, 0.05) is 10.7 Å². The number of hydrogen-bond acceptors (Lipinski definition) is 4. The van der Waals surface area contributed by atoms with Gasteiger partial charge in [0.25, 0.3) is 0 Å². The molecule has 0 aliphatic rings. The van der Waals surface area contributed by atoms with E-state index in [0.29, 0.717) is 16.4 Å². The summed E-state index contributed by atoms with van der Waals surface area (Å²) in [7, 11) is 0. The monoisotopic (exact) mass is 280 g/mol. The number of nitrogens with zero attached hydrogens (tertiary/aromatic N) is 3. The molecule has 19 heavy (non-hydrogen) atoms. The summed E-state index contributed by atoms with van der Waals surface area (Å²) in [6.07, 6.45) is 0.826. The average molecular weight is 281 g/mol. The van der Waals surface area contributed by atoms with Gasteiger partial charge in [-0.15, -0.1) is 5.10 Å². The van der Waals surface area contributed by atoms with E-state index in [1.165, 1.54) is 10.9 Å².